The highest BCUT2D eigenvalue weighted by Gasteiger charge is 2.54. The zero-order chi connectivity index (χ0) is 21.0. The number of thioether (sulfide) groups is 1. The fourth-order valence-corrected chi connectivity index (χ4v) is 5.28. The minimum atomic E-state index is -1.53. The fraction of sp³-hybridized carbons (Fsp3) is 0.353. The fourth-order valence-electron chi connectivity index (χ4n) is 3.00. The van der Waals surface area contributed by atoms with E-state index in [1.807, 2.05) is 0 Å². The second-order valence-corrected chi connectivity index (χ2v) is 8.65. The van der Waals surface area contributed by atoms with Crippen LogP contribution >= 0.6 is 11.8 Å². The summed E-state index contributed by atoms with van der Waals surface area (Å²) in [4.78, 5) is 41.5. The number of hydrogen-bond donors (Lipinski definition) is 1. The first kappa shape index (κ1) is 20.9. The number of nitrogens with zero attached hydrogens (tertiary/aromatic N) is 4. The van der Waals surface area contributed by atoms with Crippen molar-refractivity contribution in [1.29, 1.82) is 0 Å². The molecule has 1 saturated heterocycles. The molecule has 3 atom stereocenters. The van der Waals surface area contributed by atoms with E-state index in [2.05, 4.69) is 15.3 Å². The van der Waals surface area contributed by atoms with Gasteiger partial charge in [-0.2, -0.15) is 0 Å². The molecule has 0 aliphatic carbocycles. The van der Waals surface area contributed by atoms with Gasteiger partial charge in [0.2, 0.25) is 5.91 Å². The summed E-state index contributed by atoms with van der Waals surface area (Å²) in [7, 11) is -0.334. The zero-order valence-electron chi connectivity index (χ0n) is 15.3. The predicted octanol–water partition coefficient (Wildman–Crippen LogP) is 0.931. The lowest BCUT2D eigenvalue weighted by Crippen LogP contribution is -2.71. The number of carbonyl (C=O) groups excluding carboxylic acids is 3. The van der Waals surface area contributed by atoms with Crippen molar-refractivity contribution in [2.75, 3.05) is 25.2 Å². The molecule has 0 bridgehead atoms. The summed E-state index contributed by atoms with van der Waals surface area (Å²) in [5, 5.41) is 5.58. The van der Waals surface area contributed by atoms with E-state index in [4.69, 9.17) is 10.3 Å². The van der Waals surface area contributed by atoms with Crippen molar-refractivity contribution in [2.24, 2.45) is 5.11 Å². The number of ether oxygens (including phenoxy) is 1. The Morgan fingerprint density at radius 1 is 1.41 bits per heavy atom. The second-order valence-electron chi connectivity index (χ2n) is 6.09. The summed E-state index contributed by atoms with van der Waals surface area (Å²) in [6.45, 7) is -0.0580. The predicted molar refractivity (Wildman–Crippen MR) is 106 cm³/mol. The Labute approximate surface area is 172 Å². The maximum Gasteiger partial charge on any atom is 0.354 e. The smallest absolute Gasteiger partial charge is 0.354 e. The molecule has 12 heteroatoms. The van der Waals surface area contributed by atoms with Crippen molar-refractivity contribution in [3.8, 4) is 0 Å². The first-order valence-corrected chi connectivity index (χ1v) is 10.8. The van der Waals surface area contributed by atoms with E-state index in [0.29, 0.717) is 16.2 Å². The lowest BCUT2D eigenvalue weighted by molar-refractivity contribution is -0.151. The summed E-state index contributed by atoms with van der Waals surface area (Å²) in [6, 6.07) is 7.73. The topological polar surface area (TPSA) is 142 Å². The summed E-state index contributed by atoms with van der Waals surface area (Å²) in [6.07, 6.45) is 0. The number of rotatable bonds is 7. The van der Waals surface area contributed by atoms with Crippen molar-refractivity contribution >= 4 is 40.3 Å². The molecule has 29 heavy (non-hydrogen) atoms. The van der Waals surface area contributed by atoms with Crippen LogP contribution in [0, 0.1) is 0 Å². The molecule has 3 unspecified atom stereocenters. The number of nitrogens with one attached hydrogen (secondary N) is 1. The minimum absolute atomic E-state index is 0.0482. The Morgan fingerprint density at radius 3 is 2.79 bits per heavy atom. The Hall–Kier alpha value is -2.82. The van der Waals surface area contributed by atoms with Crippen molar-refractivity contribution in [3.63, 3.8) is 0 Å². The Balaban J connectivity index is 1.69. The first-order valence-electron chi connectivity index (χ1n) is 8.46. The van der Waals surface area contributed by atoms with Gasteiger partial charge in [-0.3, -0.25) is 18.7 Å². The van der Waals surface area contributed by atoms with Crippen LogP contribution in [0.1, 0.15) is 0 Å². The molecule has 0 spiro atoms. The molecule has 3 rings (SSSR count). The SMILES string of the molecule is COC(=O)C1=C(CN=[N+]=[N-])CSC2C(NC(=O)CS(=O)c3ccccc3)C(=O)N12. The van der Waals surface area contributed by atoms with E-state index in [1.165, 1.54) is 23.8 Å². The van der Waals surface area contributed by atoms with Gasteiger partial charge in [0.05, 0.1) is 24.5 Å². The molecule has 1 N–H and O–H groups in total. The minimum Gasteiger partial charge on any atom is -0.464 e. The van der Waals surface area contributed by atoms with Crippen molar-refractivity contribution in [2.45, 2.75) is 16.3 Å². The Bertz CT molecular complexity index is 945. The van der Waals surface area contributed by atoms with Gasteiger partial charge in [-0.05, 0) is 23.2 Å². The van der Waals surface area contributed by atoms with Crippen LogP contribution in [0.3, 0.4) is 0 Å². The van der Waals surface area contributed by atoms with Crippen LogP contribution in [-0.2, 0) is 29.9 Å². The normalized spacial score (nSPS) is 21.4. The largest absolute Gasteiger partial charge is 0.464 e. The third kappa shape index (κ3) is 4.29. The van der Waals surface area contributed by atoms with Crippen LogP contribution in [0.4, 0.5) is 0 Å². The summed E-state index contributed by atoms with van der Waals surface area (Å²) >= 11 is 1.34. The maximum absolute atomic E-state index is 12.6. The quantitative estimate of drug-likeness (QED) is 0.222. The van der Waals surface area contributed by atoms with Gasteiger partial charge in [-0.25, -0.2) is 4.79 Å². The summed E-state index contributed by atoms with van der Waals surface area (Å²) in [5.41, 5.74) is 9.05. The summed E-state index contributed by atoms with van der Waals surface area (Å²) in [5.74, 6) is -1.62. The molecular weight excluding hydrogens is 418 g/mol. The van der Waals surface area contributed by atoms with Gasteiger partial charge < -0.3 is 10.1 Å². The molecule has 0 radical (unpaired) electrons. The molecule has 1 fully saturated rings. The third-order valence-corrected chi connectivity index (χ3v) is 7.00. The van der Waals surface area contributed by atoms with E-state index >= 15 is 0 Å². The number of carbonyl (C=O) groups is 3. The molecule has 2 amide bonds. The lowest BCUT2D eigenvalue weighted by atomic mass is 10.0. The molecule has 10 nitrogen and oxygen atoms in total. The highest BCUT2D eigenvalue weighted by Crippen LogP contribution is 2.40. The third-order valence-electron chi connectivity index (χ3n) is 4.34. The van der Waals surface area contributed by atoms with Crippen molar-refractivity contribution < 1.29 is 23.3 Å². The van der Waals surface area contributed by atoms with E-state index in [9.17, 15) is 18.6 Å². The molecule has 1 aromatic rings. The van der Waals surface area contributed by atoms with Crippen molar-refractivity contribution in [3.05, 3.63) is 52.0 Å². The zero-order valence-corrected chi connectivity index (χ0v) is 16.9. The number of methoxy groups -OCH3 is 1. The summed E-state index contributed by atoms with van der Waals surface area (Å²) < 4.78 is 17.0. The Morgan fingerprint density at radius 2 is 2.14 bits per heavy atom. The average molecular weight is 435 g/mol. The number of azide groups is 1. The lowest BCUT2D eigenvalue weighted by Gasteiger charge is -2.49. The molecule has 152 valence electrons. The van der Waals surface area contributed by atoms with E-state index < -0.39 is 40.0 Å². The second kappa shape index (κ2) is 9.12. The van der Waals surface area contributed by atoms with Crippen LogP contribution in [0.2, 0.25) is 0 Å². The van der Waals surface area contributed by atoms with Crippen LogP contribution in [0.25, 0.3) is 10.4 Å². The van der Waals surface area contributed by atoms with Gasteiger partial charge in [-0.1, -0.05) is 23.3 Å². The van der Waals surface area contributed by atoms with Gasteiger partial charge in [0.1, 0.15) is 22.9 Å². The molecule has 2 aliphatic rings. The Kier molecular flexibility index (Phi) is 6.57. The van der Waals surface area contributed by atoms with Gasteiger partial charge >= 0.3 is 5.97 Å². The van der Waals surface area contributed by atoms with Gasteiger partial charge in [0.25, 0.3) is 5.91 Å². The molecule has 1 aromatic carbocycles. The number of amides is 2. The van der Waals surface area contributed by atoms with Gasteiger partial charge in [-0.15, -0.1) is 11.8 Å². The van der Waals surface area contributed by atoms with E-state index in [-0.39, 0.29) is 18.0 Å². The molecule has 2 heterocycles. The standard InChI is InChI=1S/C17H17N5O5S2/c1-27-17(25)14-10(7-19-21-18)8-28-16-13(15(24)22(14)16)20-12(23)9-29(26)11-5-3-2-4-6-11/h2-6,13,16H,7-9H2,1H3,(H,20,23). The van der Waals surface area contributed by atoms with E-state index in [1.54, 1.807) is 30.3 Å². The van der Waals surface area contributed by atoms with Crippen LogP contribution in [0.15, 0.2) is 51.6 Å². The molecule has 0 aromatic heterocycles. The van der Waals surface area contributed by atoms with Gasteiger partial charge in [0, 0.05) is 15.6 Å². The maximum atomic E-state index is 12.6. The molecular formula is C17H17N5O5S2. The molecule has 0 saturated carbocycles. The number of esters is 1. The number of β-lactam (4-membered cyclic amide) rings is 1. The number of benzene rings is 1. The van der Waals surface area contributed by atoms with Crippen LogP contribution in [-0.4, -0.2) is 63.5 Å². The monoisotopic (exact) mass is 435 g/mol. The van der Waals surface area contributed by atoms with Crippen molar-refractivity contribution in [1.82, 2.24) is 10.2 Å². The number of fused-ring (bicyclic) bond motifs is 1. The van der Waals surface area contributed by atoms with E-state index in [0.717, 1.165) is 0 Å². The highest BCUT2D eigenvalue weighted by atomic mass is 32.2. The van der Waals surface area contributed by atoms with Gasteiger partial charge in [0.15, 0.2) is 0 Å². The van der Waals surface area contributed by atoms with Crippen LogP contribution in [0.5, 0.6) is 0 Å². The number of hydrogen-bond acceptors (Lipinski definition) is 7. The molecule has 2 aliphatic heterocycles. The first-order chi connectivity index (χ1) is 14.0. The average Bonchev–Trinajstić information content (AvgIpc) is 2.75. The highest BCUT2D eigenvalue weighted by molar-refractivity contribution is 8.00. The van der Waals surface area contributed by atoms with Crippen LogP contribution < -0.4 is 5.32 Å².